The molecule has 2 aromatic rings. The third-order valence-electron chi connectivity index (χ3n) is 3.00. The summed E-state index contributed by atoms with van der Waals surface area (Å²) in [6, 6.07) is 15.2. The van der Waals surface area contributed by atoms with Gasteiger partial charge in [0.1, 0.15) is 18.1 Å². The Morgan fingerprint density at radius 2 is 1.85 bits per heavy atom. The molecule has 0 saturated heterocycles. The zero-order valence-corrected chi connectivity index (χ0v) is 11.8. The minimum Gasteiger partial charge on any atom is -0.508 e. The van der Waals surface area contributed by atoms with Crippen LogP contribution in [0.3, 0.4) is 0 Å². The molecule has 3 nitrogen and oxygen atoms in total. The minimum absolute atomic E-state index is 0.267. The second-order valence-electron chi connectivity index (χ2n) is 4.78. The summed E-state index contributed by atoms with van der Waals surface area (Å²) < 4.78 is 5.70. The van der Waals surface area contributed by atoms with Gasteiger partial charge in [-0.05, 0) is 48.4 Å². The number of benzene rings is 2. The molecule has 0 amide bonds. The molecule has 0 atom stereocenters. The van der Waals surface area contributed by atoms with Crippen molar-refractivity contribution in [2.45, 2.75) is 26.5 Å². The van der Waals surface area contributed by atoms with Crippen LogP contribution in [0.5, 0.6) is 11.5 Å². The fourth-order valence-electron chi connectivity index (χ4n) is 1.93. The van der Waals surface area contributed by atoms with Crippen LogP contribution >= 0.6 is 0 Å². The van der Waals surface area contributed by atoms with E-state index in [0.29, 0.717) is 6.61 Å². The van der Waals surface area contributed by atoms with Gasteiger partial charge in [0.05, 0.1) is 0 Å². The van der Waals surface area contributed by atoms with E-state index in [4.69, 9.17) is 4.74 Å². The Balaban J connectivity index is 1.84. The average Bonchev–Trinajstić information content (AvgIpc) is 2.47. The molecule has 2 rings (SSSR count). The highest BCUT2D eigenvalue weighted by atomic mass is 16.5. The lowest BCUT2D eigenvalue weighted by Gasteiger charge is -2.08. The molecule has 2 aromatic carbocycles. The van der Waals surface area contributed by atoms with Gasteiger partial charge in [-0.1, -0.05) is 31.2 Å². The van der Waals surface area contributed by atoms with Gasteiger partial charge >= 0.3 is 0 Å². The van der Waals surface area contributed by atoms with Crippen molar-refractivity contribution in [2.24, 2.45) is 0 Å². The standard InChI is InChI=1S/C17H21NO2/c1-2-10-18-12-14-6-8-17(9-7-14)20-13-15-4-3-5-16(19)11-15/h3-9,11,18-19H,2,10,12-13H2,1H3. The molecule has 0 aliphatic carbocycles. The van der Waals surface area contributed by atoms with E-state index < -0.39 is 0 Å². The quantitative estimate of drug-likeness (QED) is 0.758. The fourth-order valence-corrected chi connectivity index (χ4v) is 1.93. The zero-order valence-electron chi connectivity index (χ0n) is 11.8. The molecule has 0 aliphatic rings. The lowest BCUT2D eigenvalue weighted by Crippen LogP contribution is -2.13. The molecule has 0 unspecified atom stereocenters. The SMILES string of the molecule is CCCNCc1ccc(OCc2cccc(O)c2)cc1. The van der Waals surface area contributed by atoms with Crippen LogP contribution < -0.4 is 10.1 Å². The molecule has 0 heterocycles. The number of rotatable bonds is 7. The number of hydrogen-bond donors (Lipinski definition) is 2. The van der Waals surface area contributed by atoms with E-state index in [9.17, 15) is 5.11 Å². The maximum Gasteiger partial charge on any atom is 0.119 e. The molecule has 0 spiro atoms. The molecule has 0 aromatic heterocycles. The maximum absolute atomic E-state index is 9.39. The van der Waals surface area contributed by atoms with Gasteiger partial charge in [-0.25, -0.2) is 0 Å². The van der Waals surface area contributed by atoms with Crippen molar-refractivity contribution in [1.29, 1.82) is 0 Å². The average molecular weight is 271 g/mol. The van der Waals surface area contributed by atoms with Crippen molar-refractivity contribution in [3.63, 3.8) is 0 Å². The molecule has 0 saturated carbocycles. The minimum atomic E-state index is 0.267. The number of aromatic hydroxyl groups is 1. The van der Waals surface area contributed by atoms with Gasteiger partial charge in [0, 0.05) is 6.54 Å². The van der Waals surface area contributed by atoms with Crippen LogP contribution in [0.4, 0.5) is 0 Å². The highest BCUT2D eigenvalue weighted by Crippen LogP contribution is 2.16. The van der Waals surface area contributed by atoms with Crippen LogP contribution in [0, 0.1) is 0 Å². The monoisotopic (exact) mass is 271 g/mol. The van der Waals surface area contributed by atoms with Crippen LogP contribution in [0.25, 0.3) is 0 Å². The molecular formula is C17H21NO2. The fraction of sp³-hybridized carbons (Fsp3) is 0.294. The second kappa shape index (κ2) is 7.56. The molecule has 0 bridgehead atoms. The predicted octanol–water partition coefficient (Wildman–Crippen LogP) is 3.47. The normalized spacial score (nSPS) is 10.4. The Morgan fingerprint density at radius 3 is 2.55 bits per heavy atom. The zero-order chi connectivity index (χ0) is 14.2. The van der Waals surface area contributed by atoms with E-state index in [1.165, 1.54) is 5.56 Å². The largest absolute Gasteiger partial charge is 0.508 e. The highest BCUT2D eigenvalue weighted by molar-refractivity contribution is 5.29. The van der Waals surface area contributed by atoms with Crippen LogP contribution in [0.15, 0.2) is 48.5 Å². The third-order valence-corrected chi connectivity index (χ3v) is 3.00. The molecule has 0 fully saturated rings. The Kier molecular flexibility index (Phi) is 5.44. The first-order valence-corrected chi connectivity index (χ1v) is 6.98. The molecule has 2 N–H and O–H groups in total. The van der Waals surface area contributed by atoms with Crippen molar-refractivity contribution in [3.05, 3.63) is 59.7 Å². The van der Waals surface area contributed by atoms with Crippen molar-refractivity contribution < 1.29 is 9.84 Å². The summed E-state index contributed by atoms with van der Waals surface area (Å²) in [7, 11) is 0. The summed E-state index contributed by atoms with van der Waals surface area (Å²) in [5.41, 5.74) is 2.21. The first-order valence-electron chi connectivity index (χ1n) is 6.98. The smallest absolute Gasteiger partial charge is 0.119 e. The topological polar surface area (TPSA) is 41.5 Å². The van der Waals surface area contributed by atoms with Crippen molar-refractivity contribution >= 4 is 0 Å². The van der Waals surface area contributed by atoms with Crippen LogP contribution in [0.2, 0.25) is 0 Å². The first-order chi connectivity index (χ1) is 9.78. The molecule has 3 heteroatoms. The Bertz CT molecular complexity index is 523. The highest BCUT2D eigenvalue weighted by Gasteiger charge is 1.98. The molecule has 106 valence electrons. The molecule has 0 radical (unpaired) electrons. The van der Waals surface area contributed by atoms with Crippen molar-refractivity contribution in [2.75, 3.05) is 6.54 Å². The van der Waals surface area contributed by atoms with E-state index in [1.807, 2.05) is 24.3 Å². The summed E-state index contributed by atoms with van der Waals surface area (Å²) in [5.74, 6) is 1.11. The van der Waals surface area contributed by atoms with E-state index in [2.05, 4.69) is 24.4 Å². The van der Waals surface area contributed by atoms with Gasteiger partial charge < -0.3 is 15.2 Å². The van der Waals surface area contributed by atoms with Gasteiger partial charge in [0.25, 0.3) is 0 Å². The van der Waals surface area contributed by atoms with Crippen LogP contribution in [-0.4, -0.2) is 11.7 Å². The van der Waals surface area contributed by atoms with E-state index >= 15 is 0 Å². The molecule has 0 aliphatic heterocycles. The molecule has 20 heavy (non-hydrogen) atoms. The number of nitrogens with one attached hydrogen (secondary N) is 1. The lowest BCUT2D eigenvalue weighted by molar-refractivity contribution is 0.305. The number of phenolic OH excluding ortho intramolecular Hbond substituents is 1. The third kappa shape index (κ3) is 4.59. The van der Waals surface area contributed by atoms with E-state index in [-0.39, 0.29) is 5.75 Å². The molecular weight excluding hydrogens is 250 g/mol. The Morgan fingerprint density at radius 1 is 1.05 bits per heavy atom. The van der Waals surface area contributed by atoms with E-state index in [1.54, 1.807) is 12.1 Å². The number of hydrogen-bond acceptors (Lipinski definition) is 3. The summed E-state index contributed by atoms with van der Waals surface area (Å²) in [4.78, 5) is 0. The second-order valence-corrected chi connectivity index (χ2v) is 4.78. The van der Waals surface area contributed by atoms with Crippen molar-refractivity contribution in [3.8, 4) is 11.5 Å². The maximum atomic E-state index is 9.39. The number of ether oxygens (including phenoxy) is 1. The Labute approximate surface area is 120 Å². The van der Waals surface area contributed by atoms with Gasteiger partial charge in [0.15, 0.2) is 0 Å². The summed E-state index contributed by atoms with van der Waals surface area (Å²) in [6.07, 6.45) is 1.14. The summed E-state index contributed by atoms with van der Waals surface area (Å²) in [6.45, 7) is 4.55. The number of phenols is 1. The van der Waals surface area contributed by atoms with Gasteiger partial charge in [-0.2, -0.15) is 0 Å². The van der Waals surface area contributed by atoms with Crippen molar-refractivity contribution in [1.82, 2.24) is 5.32 Å². The van der Waals surface area contributed by atoms with Gasteiger partial charge in [-0.3, -0.25) is 0 Å². The lowest BCUT2D eigenvalue weighted by atomic mass is 10.2. The summed E-state index contributed by atoms with van der Waals surface area (Å²) >= 11 is 0. The van der Waals surface area contributed by atoms with Crippen LogP contribution in [-0.2, 0) is 13.2 Å². The van der Waals surface area contributed by atoms with Crippen LogP contribution in [0.1, 0.15) is 24.5 Å². The van der Waals surface area contributed by atoms with E-state index in [0.717, 1.165) is 30.8 Å². The predicted molar refractivity (Wildman–Crippen MR) is 80.9 cm³/mol. The summed E-state index contributed by atoms with van der Waals surface area (Å²) in [5, 5.41) is 12.8. The first kappa shape index (κ1) is 14.4. The Hall–Kier alpha value is -2.00. The van der Waals surface area contributed by atoms with Gasteiger partial charge in [-0.15, -0.1) is 0 Å². The van der Waals surface area contributed by atoms with Gasteiger partial charge in [0.2, 0.25) is 0 Å².